The van der Waals surface area contributed by atoms with Crippen molar-refractivity contribution < 1.29 is 28.5 Å². The van der Waals surface area contributed by atoms with E-state index in [0.29, 0.717) is 27.1 Å². The number of halogens is 3. The maximum atomic E-state index is 12.3. The van der Waals surface area contributed by atoms with Gasteiger partial charge in [0.15, 0.2) is 23.8 Å². The second-order valence-corrected chi connectivity index (χ2v) is 8.96. The van der Waals surface area contributed by atoms with Crippen molar-refractivity contribution in [1.29, 1.82) is 0 Å². The van der Waals surface area contributed by atoms with Gasteiger partial charge in [-0.05, 0) is 103 Å². The molecule has 2 aromatic carbocycles. The molecule has 0 N–H and O–H groups in total. The second kappa shape index (κ2) is 10.6. The molecule has 0 spiro atoms. The maximum absolute atomic E-state index is 12.3. The molecule has 31 heavy (non-hydrogen) atoms. The molecule has 7 nitrogen and oxygen atoms in total. The first-order chi connectivity index (χ1) is 14.8. The van der Waals surface area contributed by atoms with Crippen LogP contribution in [0.4, 0.5) is 0 Å². The average molecular weight is 665 g/mol. The van der Waals surface area contributed by atoms with Crippen molar-refractivity contribution in [2.45, 2.75) is 6.92 Å². The molecule has 10 heteroatoms. The summed E-state index contributed by atoms with van der Waals surface area (Å²) in [6, 6.07) is 8.96. The van der Waals surface area contributed by atoms with Crippen molar-refractivity contribution >= 4 is 78.4 Å². The number of carbonyl (C=O) groups is 2. The number of nitrogens with zero attached hydrogens (tertiary/aromatic N) is 1. The monoisotopic (exact) mass is 663 g/mol. The molecule has 1 heterocycles. The van der Waals surface area contributed by atoms with Gasteiger partial charge in [-0.2, -0.15) is 0 Å². The van der Waals surface area contributed by atoms with Crippen LogP contribution in [0.25, 0.3) is 6.08 Å². The first-order valence-corrected chi connectivity index (χ1v) is 11.6. The first-order valence-electron chi connectivity index (χ1n) is 8.96. The van der Waals surface area contributed by atoms with Gasteiger partial charge >= 0.3 is 11.9 Å². The molecule has 0 radical (unpaired) electrons. The third-order valence-electron chi connectivity index (χ3n) is 3.98. The van der Waals surface area contributed by atoms with Crippen LogP contribution < -0.4 is 9.47 Å². The number of cyclic esters (lactones) is 1. The molecular formula is C21H16Br2INO6. The molecule has 1 aliphatic rings. The zero-order chi connectivity index (χ0) is 22.5. The SMILES string of the molecule is CCOC(=O)COc1c(Br)cc(/C=C2\N=C(c3ccc(I)c(Br)c3)OC2=O)cc1OC. The van der Waals surface area contributed by atoms with Gasteiger partial charge in [0.05, 0.1) is 18.2 Å². The number of benzene rings is 2. The number of hydrogen-bond acceptors (Lipinski definition) is 7. The first kappa shape index (κ1) is 23.7. The van der Waals surface area contributed by atoms with E-state index < -0.39 is 11.9 Å². The minimum absolute atomic E-state index is 0.152. The zero-order valence-electron chi connectivity index (χ0n) is 16.4. The fourth-order valence-electron chi connectivity index (χ4n) is 2.62. The summed E-state index contributed by atoms with van der Waals surface area (Å²) in [5.41, 5.74) is 1.47. The lowest BCUT2D eigenvalue weighted by Gasteiger charge is -2.13. The normalized spacial score (nSPS) is 14.3. The summed E-state index contributed by atoms with van der Waals surface area (Å²) in [6.45, 7) is 1.73. The molecule has 0 saturated carbocycles. The lowest BCUT2D eigenvalue weighted by molar-refractivity contribution is -0.145. The van der Waals surface area contributed by atoms with Gasteiger partial charge in [-0.15, -0.1) is 0 Å². The van der Waals surface area contributed by atoms with Crippen LogP contribution in [0.2, 0.25) is 0 Å². The predicted octanol–water partition coefficient (Wildman–Crippen LogP) is 5.11. The van der Waals surface area contributed by atoms with Gasteiger partial charge in [0.1, 0.15) is 0 Å². The van der Waals surface area contributed by atoms with E-state index in [9.17, 15) is 9.59 Å². The number of esters is 2. The third kappa shape index (κ3) is 5.86. The van der Waals surface area contributed by atoms with Crippen molar-refractivity contribution in [3.8, 4) is 11.5 Å². The van der Waals surface area contributed by atoms with Crippen molar-refractivity contribution in [2.75, 3.05) is 20.3 Å². The number of carbonyl (C=O) groups excluding carboxylic acids is 2. The Balaban J connectivity index is 1.87. The van der Waals surface area contributed by atoms with Crippen LogP contribution >= 0.6 is 54.5 Å². The molecule has 162 valence electrons. The van der Waals surface area contributed by atoms with Gasteiger partial charge in [-0.3, -0.25) is 0 Å². The van der Waals surface area contributed by atoms with Gasteiger partial charge in [-0.1, -0.05) is 0 Å². The van der Waals surface area contributed by atoms with E-state index in [1.807, 2.05) is 18.2 Å². The number of hydrogen-bond donors (Lipinski definition) is 0. The summed E-state index contributed by atoms with van der Waals surface area (Å²) in [5.74, 6) is -0.0843. The highest BCUT2D eigenvalue weighted by Gasteiger charge is 2.25. The molecule has 0 atom stereocenters. The molecule has 0 saturated heterocycles. The van der Waals surface area contributed by atoms with Crippen LogP contribution in [0.15, 0.2) is 50.0 Å². The summed E-state index contributed by atoms with van der Waals surface area (Å²) in [7, 11) is 1.48. The van der Waals surface area contributed by atoms with Crippen molar-refractivity contribution in [1.82, 2.24) is 0 Å². The molecule has 2 aromatic rings. The smallest absolute Gasteiger partial charge is 0.363 e. The van der Waals surface area contributed by atoms with Crippen LogP contribution in [0.5, 0.6) is 11.5 Å². The van der Waals surface area contributed by atoms with E-state index in [1.54, 1.807) is 25.1 Å². The van der Waals surface area contributed by atoms with E-state index in [2.05, 4.69) is 59.4 Å². The molecule has 0 fully saturated rings. The summed E-state index contributed by atoms with van der Waals surface area (Å²) in [5, 5.41) is 0. The van der Waals surface area contributed by atoms with Crippen molar-refractivity contribution in [3.63, 3.8) is 0 Å². The number of methoxy groups -OCH3 is 1. The summed E-state index contributed by atoms with van der Waals surface area (Å²) < 4.78 is 23.5. The Bertz CT molecular complexity index is 1100. The highest BCUT2D eigenvalue weighted by Crippen LogP contribution is 2.37. The van der Waals surface area contributed by atoms with E-state index in [4.69, 9.17) is 18.9 Å². The van der Waals surface area contributed by atoms with E-state index >= 15 is 0 Å². The van der Waals surface area contributed by atoms with Gasteiger partial charge < -0.3 is 18.9 Å². The molecular weight excluding hydrogens is 649 g/mol. The minimum Gasteiger partial charge on any atom is -0.493 e. The molecule has 0 amide bonds. The largest absolute Gasteiger partial charge is 0.493 e. The highest BCUT2D eigenvalue weighted by molar-refractivity contribution is 14.1. The molecule has 0 unspecified atom stereocenters. The molecule has 0 aliphatic carbocycles. The fourth-order valence-corrected chi connectivity index (χ4v) is 3.91. The lowest BCUT2D eigenvalue weighted by atomic mass is 10.1. The predicted molar refractivity (Wildman–Crippen MR) is 130 cm³/mol. The zero-order valence-corrected chi connectivity index (χ0v) is 21.7. The minimum atomic E-state index is -0.553. The van der Waals surface area contributed by atoms with Gasteiger partial charge in [0, 0.05) is 13.6 Å². The number of ether oxygens (including phenoxy) is 4. The Labute approximate surface area is 209 Å². The van der Waals surface area contributed by atoms with Crippen LogP contribution in [-0.4, -0.2) is 38.2 Å². The Hall–Kier alpha value is -1.92. The fraction of sp³-hybridized carbons (Fsp3) is 0.190. The van der Waals surface area contributed by atoms with E-state index in [0.717, 1.165) is 8.04 Å². The summed E-state index contributed by atoms with van der Waals surface area (Å²) in [4.78, 5) is 28.2. The molecule has 3 rings (SSSR count). The third-order valence-corrected chi connectivity index (χ3v) is 6.91. The molecule has 0 bridgehead atoms. The van der Waals surface area contributed by atoms with Crippen LogP contribution in [0, 0.1) is 3.57 Å². The number of rotatable bonds is 7. The Morgan fingerprint density at radius 2 is 2.00 bits per heavy atom. The van der Waals surface area contributed by atoms with Gasteiger partial charge in [0.2, 0.25) is 5.90 Å². The standard InChI is InChI=1S/C21H16Br2INO6/c1-3-29-18(26)10-30-19-14(23)6-11(8-17(19)28-2)7-16-21(27)31-20(25-16)12-4-5-15(24)13(22)9-12/h4-9H,3,10H2,1-2H3/b16-7-. The van der Waals surface area contributed by atoms with Crippen molar-refractivity contribution in [2.24, 2.45) is 4.99 Å². The van der Waals surface area contributed by atoms with Crippen LogP contribution in [0.3, 0.4) is 0 Å². The quantitative estimate of drug-likeness (QED) is 0.233. The van der Waals surface area contributed by atoms with Gasteiger partial charge in [0.25, 0.3) is 0 Å². The van der Waals surface area contributed by atoms with E-state index in [1.165, 1.54) is 7.11 Å². The topological polar surface area (TPSA) is 83.4 Å². The lowest BCUT2D eigenvalue weighted by Crippen LogP contribution is -2.15. The maximum Gasteiger partial charge on any atom is 0.363 e. The number of aliphatic imine (C=N–C) groups is 1. The van der Waals surface area contributed by atoms with Gasteiger partial charge in [-0.25, -0.2) is 14.6 Å². The Kier molecular flexibility index (Phi) is 8.11. The molecule has 0 aromatic heterocycles. The van der Waals surface area contributed by atoms with E-state index in [-0.39, 0.29) is 24.8 Å². The highest BCUT2D eigenvalue weighted by atomic mass is 127. The Morgan fingerprint density at radius 1 is 1.23 bits per heavy atom. The molecule has 1 aliphatic heterocycles. The van der Waals surface area contributed by atoms with Crippen LogP contribution in [0.1, 0.15) is 18.1 Å². The summed E-state index contributed by atoms with van der Waals surface area (Å²) in [6.07, 6.45) is 1.58. The Morgan fingerprint density at radius 3 is 2.68 bits per heavy atom. The summed E-state index contributed by atoms with van der Waals surface area (Å²) >= 11 is 9.07. The average Bonchev–Trinajstić information content (AvgIpc) is 3.09. The van der Waals surface area contributed by atoms with Crippen LogP contribution in [-0.2, 0) is 19.1 Å². The second-order valence-electron chi connectivity index (χ2n) is 6.09. The van der Waals surface area contributed by atoms with Crippen molar-refractivity contribution in [3.05, 3.63) is 59.7 Å².